The fraction of sp³-hybridized carbons (Fsp3) is 0.167. The number of nitrogens with zero attached hydrogens (tertiary/aromatic N) is 2. The molecule has 0 amide bonds. The predicted octanol–water partition coefficient (Wildman–Crippen LogP) is 0.770. The van der Waals surface area contributed by atoms with Crippen LogP contribution in [0.25, 0.3) is 0 Å². The number of hydrogen-bond donors (Lipinski definition) is 1. The normalized spacial score (nSPS) is 12.1. The van der Waals surface area contributed by atoms with Crippen molar-refractivity contribution in [2.45, 2.75) is 6.29 Å². The van der Waals surface area contributed by atoms with E-state index in [-0.39, 0.29) is 0 Å². The van der Waals surface area contributed by atoms with Gasteiger partial charge in [0.1, 0.15) is 0 Å². The summed E-state index contributed by atoms with van der Waals surface area (Å²) in [5.41, 5.74) is 0.444. The molecule has 1 heterocycles. The Balaban J connectivity index is 2.68. The summed E-state index contributed by atoms with van der Waals surface area (Å²) in [5, 5.41) is 11.1. The van der Waals surface area contributed by atoms with Crippen molar-refractivity contribution in [3.05, 3.63) is 35.0 Å². The third-order valence-electron chi connectivity index (χ3n) is 1.13. The molecule has 58 valence electrons. The van der Waals surface area contributed by atoms with E-state index in [2.05, 4.69) is 15.2 Å². The quantitative estimate of drug-likeness (QED) is 0.396. The topological polar surface area (TPSA) is 71.8 Å². The fourth-order valence-electron chi connectivity index (χ4n) is 0.630. The van der Waals surface area contributed by atoms with Gasteiger partial charge in [0.25, 0.3) is 6.29 Å². The van der Waals surface area contributed by atoms with Crippen molar-refractivity contribution in [1.82, 2.24) is 4.98 Å². The van der Waals surface area contributed by atoms with Crippen molar-refractivity contribution in [1.29, 1.82) is 0 Å². The van der Waals surface area contributed by atoms with Crippen LogP contribution < -0.4 is 0 Å². The third kappa shape index (κ3) is 1.98. The Morgan fingerprint density at radius 2 is 2.18 bits per heavy atom. The lowest BCUT2D eigenvalue weighted by Gasteiger charge is -2.03. The molecule has 0 aromatic carbocycles. The van der Waals surface area contributed by atoms with Gasteiger partial charge in [0.05, 0.1) is 0 Å². The van der Waals surface area contributed by atoms with E-state index >= 15 is 0 Å². The molecule has 0 spiro atoms. The van der Waals surface area contributed by atoms with Gasteiger partial charge in [-0.2, -0.15) is 0 Å². The van der Waals surface area contributed by atoms with Crippen LogP contribution >= 0.6 is 0 Å². The summed E-state index contributed by atoms with van der Waals surface area (Å²) in [6, 6.07) is 3.05. The van der Waals surface area contributed by atoms with Gasteiger partial charge in [0.15, 0.2) is 5.34 Å². The van der Waals surface area contributed by atoms with E-state index in [1.54, 1.807) is 0 Å². The monoisotopic (exact) mass is 154 g/mol. The molecule has 1 atom stereocenters. The smallest absolute Gasteiger partial charge is 0.254 e. The van der Waals surface area contributed by atoms with Crippen LogP contribution in [-0.2, 0) is 4.84 Å². The number of rotatable bonds is 3. The largest absolute Gasteiger partial charge is 0.353 e. The molecule has 0 aliphatic carbocycles. The van der Waals surface area contributed by atoms with E-state index in [1.807, 2.05) is 0 Å². The Morgan fingerprint density at radius 1 is 1.55 bits per heavy atom. The number of aliphatic hydroxyl groups excluding tert-OH is 1. The molecule has 0 saturated heterocycles. The minimum Gasteiger partial charge on any atom is -0.353 e. The molecule has 1 rings (SSSR count). The minimum absolute atomic E-state index is 0.444. The van der Waals surface area contributed by atoms with Gasteiger partial charge in [-0.1, -0.05) is 0 Å². The van der Waals surface area contributed by atoms with Gasteiger partial charge in [-0.25, -0.2) is 0 Å². The Kier molecular flexibility index (Phi) is 2.51. The number of hydrogen-bond acceptors (Lipinski definition) is 5. The summed E-state index contributed by atoms with van der Waals surface area (Å²) in [4.78, 5) is 17.3. The Hall–Kier alpha value is -1.49. The molecule has 0 fully saturated rings. The van der Waals surface area contributed by atoms with Crippen LogP contribution in [0.2, 0.25) is 0 Å². The second-order valence-corrected chi connectivity index (χ2v) is 1.81. The Bertz CT molecular complexity index is 227. The number of aromatic nitrogens is 1. The molecule has 0 saturated carbocycles. The summed E-state index contributed by atoms with van der Waals surface area (Å²) in [6.45, 7) is 0. The van der Waals surface area contributed by atoms with E-state index in [4.69, 9.17) is 5.11 Å². The first-order valence-electron chi connectivity index (χ1n) is 2.91. The van der Waals surface area contributed by atoms with Gasteiger partial charge in [-0.15, -0.1) is 4.91 Å². The van der Waals surface area contributed by atoms with Gasteiger partial charge < -0.3 is 9.94 Å². The lowest BCUT2D eigenvalue weighted by atomic mass is 10.3. The van der Waals surface area contributed by atoms with Crippen LogP contribution in [0.3, 0.4) is 0 Å². The molecular weight excluding hydrogens is 148 g/mol. The van der Waals surface area contributed by atoms with Crippen LogP contribution in [0, 0.1) is 4.91 Å². The second-order valence-electron chi connectivity index (χ2n) is 1.81. The Labute approximate surface area is 62.6 Å². The molecule has 1 N–H and O–H groups in total. The van der Waals surface area contributed by atoms with Crippen LogP contribution in [0.4, 0.5) is 0 Å². The molecular formula is C6H6N2O3. The summed E-state index contributed by atoms with van der Waals surface area (Å²) >= 11 is 0. The van der Waals surface area contributed by atoms with E-state index in [1.165, 1.54) is 24.5 Å². The van der Waals surface area contributed by atoms with Crippen molar-refractivity contribution >= 4 is 0 Å². The van der Waals surface area contributed by atoms with Gasteiger partial charge in [0.2, 0.25) is 0 Å². The first-order chi connectivity index (χ1) is 5.34. The zero-order valence-corrected chi connectivity index (χ0v) is 5.54. The lowest BCUT2D eigenvalue weighted by molar-refractivity contribution is -0.104. The average Bonchev–Trinajstić information content (AvgIpc) is 2.07. The molecule has 11 heavy (non-hydrogen) atoms. The molecule has 5 heteroatoms. The lowest BCUT2D eigenvalue weighted by Crippen LogP contribution is -1.97. The first kappa shape index (κ1) is 7.62. The number of aliphatic hydroxyl groups is 1. The highest BCUT2D eigenvalue weighted by molar-refractivity contribution is 5.10. The maximum Gasteiger partial charge on any atom is 0.254 e. The molecule has 1 aromatic rings. The van der Waals surface area contributed by atoms with E-state index in [9.17, 15) is 4.91 Å². The SMILES string of the molecule is O=NOC(O)c1ccncc1. The van der Waals surface area contributed by atoms with E-state index < -0.39 is 6.29 Å². The zero-order valence-electron chi connectivity index (χ0n) is 5.54. The van der Waals surface area contributed by atoms with Gasteiger partial charge in [-0.3, -0.25) is 4.98 Å². The second kappa shape index (κ2) is 3.62. The fourth-order valence-corrected chi connectivity index (χ4v) is 0.630. The van der Waals surface area contributed by atoms with Crippen LogP contribution in [-0.4, -0.2) is 10.1 Å². The van der Waals surface area contributed by atoms with Crippen LogP contribution in [0.5, 0.6) is 0 Å². The average molecular weight is 154 g/mol. The standard InChI is InChI=1S/C6H6N2O3/c9-6(11-8-10)5-1-3-7-4-2-5/h1-4,6,9H. The summed E-state index contributed by atoms with van der Waals surface area (Å²) < 4.78 is 0. The van der Waals surface area contributed by atoms with Gasteiger partial charge >= 0.3 is 0 Å². The molecule has 5 nitrogen and oxygen atoms in total. The van der Waals surface area contributed by atoms with Crippen LogP contribution in [0.15, 0.2) is 29.9 Å². The van der Waals surface area contributed by atoms with Gasteiger partial charge in [0, 0.05) is 18.0 Å². The molecule has 1 unspecified atom stereocenters. The van der Waals surface area contributed by atoms with Crippen molar-refractivity contribution < 1.29 is 9.94 Å². The van der Waals surface area contributed by atoms with Crippen molar-refractivity contribution in [3.63, 3.8) is 0 Å². The highest BCUT2D eigenvalue weighted by atomic mass is 16.8. The van der Waals surface area contributed by atoms with Crippen molar-refractivity contribution in [3.8, 4) is 0 Å². The van der Waals surface area contributed by atoms with E-state index in [0.29, 0.717) is 5.56 Å². The molecule has 0 aliphatic heterocycles. The summed E-state index contributed by atoms with van der Waals surface area (Å²) in [5.74, 6) is 0. The molecule has 1 aromatic heterocycles. The number of pyridine rings is 1. The summed E-state index contributed by atoms with van der Waals surface area (Å²) in [6.07, 6.45) is 1.66. The predicted molar refractivity (Wildman–Crippen MR) is 36.1 cm³/mol. The maximum atomic E-state index is 9.54. The third-order valence-corrected chi connectivity index (χ3v) is 1.13. The highest BCUT2D eigenvalue weighted by Crippen LogP contribution is 2.11. The van der Waals surface area contributed by atoms with E-state index in [0.717, 1.165) is 0 Å². The van der Waals surface area contributed by atoms with Crippen LogP contribution in [0.1, 0.15) is 11.9 Å². The highest BCUT2D eigenvalue weighted by Gasteiger charge is 2.06. The van der Waals surface area contributed by atoms with Gasteiger partial charge in [-0.05, 0) is 12.1 Å². The molecule has 0 aliphatic rings. The summed E-state index contributed by atoms with van der Waals surface area (Å²) in [7, 11) is 0. The minimum atomic E-state index is -1.30. The zero-order chi connectivity index (χ0) is 8.10. The molecule has 0 bridgehead atoms. The Morgan fingerprint density at radius 3 is 2.73 bits per heavy atom. The molecule has 0 radical (unpaired) electrons. The first-order valence-corrected chi connectivity index (χ1v) is 2.91. The maximum absolute atomic E-state index is 9.54. The van der Waals surface area contributed by atoms with Crippen molar-refractivity contribution in [2.75, 3.05) is 0 Å². The van der Waals surface area contributed by atoms with Crippen molar-refractivity contribution in [2.24, 2.45) is 5.34 Å².